The molecule has 1 fully saturated rings. The molecule has 0 atom stereocenters. The van der Waals surface area contributed by atoms with Gasteiger partial charge in [-0.15, -0.1) is 0 Å². The summed E-state index contributed by atoms with van der Waals surface area (Å²) in [6.07, 6.45) is 6.37. The third kappa shape index (κ3) is 4.75. The molecule has 9 nitrogen and oxygen atoms in total. The van der Waals surface area contributed by atoms with E-state index in [9.17, 15) is 4.79 Å². The van der Waals surface area contributed by atoms with Crippen molar-refractivity contribution in [2.75, 3.05) is 19.5 Å². The van der Waals surface area contributed by atoms with Crippen LogP contribution in [0.3, 0.4) is 0 Å². The largest absolute Gasteiger partial charge is 0.497 e. The highest BCUT2D eigenvalue weighted by molar-refractivity contribution is 6.05. The predicted molar refractivity (Wildman–Crippen MR) is 130 cm³/mol. The van der Waals surface area contributed by atoms with E-state index in [0.29, 0.717) is 40.2 Å². The van der Waals surface area contributed by atoms with E-state index < -0.39 is 0 Å². The molecule has 0 aliphatic heterocycles. The molecule has 5 rings (SSSR count). The number of nitrogens with zero attached hydrogens (tertiary/aromatic N) is 4. The van der Waals surface area contributed by atoms with Crippen molar-refractivity contribution in [1.82, 2.24) is 19.9 Å². The summed E-state index contributed by atoms with van der Waals surface area (Å²) >= 11 is 0. The van der Waals surface area contributed by atoms with Crippen LogP contribution >= 0.6 is 0 Å². The first-order chi connectivity index (χ1) is 17.0. The van der Waals surface area contributed by atoms with Crippen molar-refractivity contribution in [3.05, 3.63) is 65.8 Å². The third-order valence-corrected chi connectivity index (χ3v) is 6.29. The lowest BCUT2D eigenvalue weighted by Crippen LogP contribution is -2.12. The van der Waals surface area contributed by atoms with Gasteiger partial charge in [-0.25, -0.2) is 4.68 Å². The van der Waals surface area contributed by atoms with Gasteiger partial charge in [0.15, 0.2) is 0 Å². The average Bonchev–Trinajstić information content (AvgIpc) is 3.64. The zero-order chi connectivity index (χ0) is 24.4. The maximum Gasteiger partial charge on any atom is 0.259 e. The SMILES string of the molecule is COc1cc(NC(=O)c2cn(-c3ccc(-c4noc(C5CCCC5)n4)cc3)nc2C)cc(OC)c1. The molecule has 180 valence electrons. The molecule has 0 unspecified atom stereocenters. The summed E-state index contributed by atoms with van der Waals surface area (Å²) in [5.41, 5.74) is 3.34. The van der Waals surface area contributed by atoms with E-state index in [1.165, 1.54) is 12.8 Å². The Kier molecular flexibility index (Phi) is 6.22. The van der Waals surface area contributed by atoms with Crippen LogP contribution in [0.15, 0.2) is 53.2 Å². The first-order valence-electron chi connectivity index (χ1n) is 11.6. The van der Waals surface area contributed by atoms with Gasteiger partial charge in [0.05, 0.1) is 31.2 Å². The molecule has 1 aliphatic carbocycles. The highest BCUT2D eigenvalue weighted by Crippen LogP contribution is 2.34. The van der Waals surface area contributed by atoms with Gasteiger partial charge in [-0.05, 0) is 44.0 Å². The number of rotatable bonds is 7. The number of ether oxygens (including phenoxy) is 2. The number of aromatic nitrogens is 4. The first kappa shape index (κ1) is 22.6. The van der Waals surface area contributed by atoms with Gasteiger partial charge >= 0.3 is 0 Å². The van der Waals surface area contributed by atoms with Crippen LogP contribution in [0.2, 0.25) is 0 Å². The van der Waals surface area contributed by atoms with E-state index in [-0.39, 0.29) is 5.91 Å². The molecule has 0 spiro atoms. The molecule has 4 aromatic rings. The predicted octanol–water partition coefficient (Wildman–Crippen LogP) is 5.16. The number of benzene rings is 2. The first-order valence-corrected chi connectivity index (χ1v) is 11.6. The molecule has 1 N–H and O–H groups in total. The zero-order valence-corrected chi connectivity index (χ0v) is 19.9. The molecule has 1 aliphatic rings. The van der Waals surface area contributed by atoms with Crippen molar-refractivity contribution < 1.29 is 18.8 Å². The number of carbonyl (C=O) groups excluding carboxylic acids is 1. The number of hydrogen-bond donors (Lipinski definition) is 1. The van der Waals surface area contributed by atoms with Crippen LogP contribution in [0.25, 0.3) is 17.1 Å². The van der Waals surface area contributed by atoms with E-state index in [2.05, 4.69) is 20.6 Å². The molecule has 1 amide bonds. The monoisotopic (exact) mass is 473 g/mol. The van der Waals surface area contributed by atoms with E-state index >= 15 is 0 Å². The minimum absolute atomic E-state index is 0.271. The lowest BCUT2D eigenvalue weighted by atomic mass is 10.1. The molecule has 1 saturated carbocycles. The summed E-state index contributed by atoms with van der Waals surface area (Å²) in [5, 5.41) is 11.6. The molecule has 0 saturated heterocycles. The fourth-order valence-corrected chi connectivity index (χ4v) is 4.35. The Morgan fingerprint density at radius 3 is 2.40 bits per heavy atom. The topological polar surface area (TPSA) is 104 Å². The number of amides is 1. The van der Waals surface area contributed by atoms with Crippen molar-refractivity contribution in [1.29, 1.82) is 0 Å². The fourth-order valence-electron chi connectivity index (χ4n) is 4.35. The Balaban J connectivity index is 1.32. The maximum absolute atomic E-state index is 13.0. The molecule has 2 heterocycles. The molecular formula is C26H27N5O4. The summed E-state index contributed by atoms with van der Waals surface area (Å²) in [6.45, 7) is 1.80. The summed E-state index contributed by atoms with van der Waals surface area (Å²) in [7, 11) is 3.13. The standard InChI is InChI=1S/C26H27N5O4/c1-16-23(25(32)27-19-12-21(33-2)14-22(13-19)34-3)15-31(29-16)20-10-8-17(9-11-20)24-28-26(35-30-24)18-6-4-5-7-18/h8-15,18H,4-7H2,1-3H3,(H,27,32). The Hall–Kier alpha value is -4.14. The van der Waals surface area contributed by atoms with Gasteiger partial charge in [0.1, 0.15) is 11.5 Å². The van der Waals surface area contributed by atoms with Crippen LogP contribution in [0.1, 0.15) is 53.5 Å². The number of methoxy groups -OCH3 is 2. The van der Waals surface area contributed by atoms with Crippen molar-refractivity contribution in [3.8, 4) is 28.6 Å². The van der Waals surface area contributed by atoms with Gasteiger partial charge in [0.2, 0.25) is 11.7 Å². The summed E-state index contributed by atoms with van der Waals surface area (Å²) in [4.78, 5) is 17.6. The second-order valence-corrected chi connectivity index (χ2v) is 8.61. The van der Waals surface area contributed by atoms with E-state index in [1.807, 2.05) is 24.3 Å². The molecule has 35 heavy (non-hydrogen) atoms. The second-order valence-electron chi connectivity index (χ2n) is 8.61. The van der Waals surface area contributed by atoms with Crippen LogP contribution in [0, 0.1) is 6.92 Å². The van der Waals surface area contributed by atoms with Gasteiger partial charge in [0, 0.05) is 41.6 Å². The highest BCUT2D eigenvalue weighted by Gasteiger charge is 2.23. The highest BCUT2D eigenvalue weighted by atomic mass is 16.5. The minimum atomic E-state index is -0.271. The van der Waals surface area contributed by atoms with Crippen molar-refractivity contribution in [2.24, 2.45) is 0 Å². The van der Waals surface area contributed by atoms with Gasteiger partial charge in [-0.1, -0.05) is 18.0 Å². The van der Waals surface area contributed by atoms with E-state index in [4.69, 9.17) is 14.0 Å². The van der Waals surface area contributed by atoms with Crippen molar-refractivity contribution in [2.45, 2.75) is 38.5 Å². The average molecular weight is 474 g/mol. The normalized spacial score (nSPS) is 13.7. The second kappa shape index (κ2) is 9.61. The maximum atomic E-state index is 13.0. The third-order valence-electron chi connectivity index (χ3n) is 6.29. The quantitative estimate of drug-likeness (QED) is 0.395. The number of anilines is 1. The Morgan fingerprint density at radius 1 is 1.06 bits per heavy atom. The van der Waals surface area contributed by atoms with Crippen LogP contribution < -0.4 is 14.8 Å². The van der Waals surface area contributed by atoms with Crippen molar-refractivity contribution in [3.63, 3.8) is 0 Å². The lowest BCUT2D eigenvalue weighted by molar-refractivity contribution is 0.102. The van der Waals surface area contributed by atoms with Crippen LogP contribution in [0.4, 0.5) is 5.69 Å². The van der Waals surface area contributed by atoms with E-state index in [0.717, 1.165) is 30.0 Å². The van der Waals surface area contributed by atoms with E-state index in [1.54, 1.807) is 50.2 Å². The number of nitrogens with one attached hydrogen (secondary N) is 1. The summed E-state index contributed by atoms with van der Waals surface area (Å²) in [5.74, 6) is 2.60. The molecule has 0 radical (unpaired) electrons. The summed E-state index contributed by atoms with van der Waals surface area (Å²) in [6, 6.07) is 12.9. The fraction of sp³-hybridized carbons (Fsp3) is 0.308. The molecule has 2 aromatic heterocycles. The Bertz CT molecular complexity index is 1310. The smallest absolute Gasteiger partial charge is 0.259 e. The van der Waals surface area contributed by atoms with Gasteiger partial charge in [0.25, 0.3) is 5.91 Å². The van der Waals surface area contributed by atoms with Gasteiger partial charge < -0.3 is 19.3 Å². The summed E-state index contributed by atoms with van der Waals surface area (Å²) < 4.78 is 17.7. The lowest BCUT2D eigenvalue weighted by Gasteiger charge is -2.09. The molecular weight excluding hydrogens is 446 g/mol. The van der Waals surface area contributed by atoms with Gasteiger partial charge in [-0.3, -0.25) is 4.79 Å². The van der Waals surface area contributed by atoms with Gasteiger partial charge in [-0.2, -0.15) is 10.1 Å². The molecule has 0 bridgehead atoms. The van der Waals surface area contributed by atoms with Crippen molar-refractivity contribution >= 4 is 11.6 Å². The molecule has 9 heteroatoms. The number of hydrogen-bond acceptors (Lipinski definition) is 7. The minimum Gasteiger partial charge on any atom is -0.497 e. The Morgan fingerprint density at radius 2 is 1.74 bits per heavy atom. The Labute approximate surface area is 203 Å². The van der Waals surface area contributed by atoms with Crippen LogP contribution in [0.5, 0.6) is 11.5 Å². The number of aryl methyl sites for hydroxylation is 1. The molecule has 2 aromatic carbocycles. The van der Waals surface area contributed by atoms with Crippen LogP contribution in [-0.4, -0.2) is 40.0 Å². The van der Waals surface area contributed by atoms with Crippen LogP contribution in [-0.2, 0) is 0 Å². The number of carbonyl (C=O) groups is 1. The zero-order valence-electron chi connectivity index (χ0n) is 19.9.